The molecule has 2 heterocycles. The monoisotopic (exact) mass is 392 g/mol. The molecule has 0 unspecified atom stereocenters. The highest BCUT2D eigenvalue weighted by Gasteiger charge is 2.37. The van der Waals surface area contributed by atoms with Gasteiger partial charge in [-0.1, -0.05) is 11.6 Å². The maximum atomic E-state index is 12.2. The van der Waals surface area contributed by atoms with Gasteiger partial charge in [-0.3, -0.25) is 15.0 Å². The van der Waals surface area contributed by atoms with Crippen LogP contribution < -0.4 is 10.6 Å². The van der Waals surface area contributed by atoms with Gasteiger partial charge >= 0.3 is 12.0 Å². The molecule has 2 amide bonds. The minimum absolute atomic E-state index is 0.0250. The number of hydrogen-bond acceptors (Lipinski definition) is 5. The van der Waals surface area contributed by atoms with Crippen molar-refractivity contribution in [3.63, 3.8) is 0 Å². The lowest BCUT2D eigenvalue weighted by atomic mass is 9.85. The summed E-state index contributed by atoms with van der Waals surface area (Å²) in [5.74, 6) is 0.0315. The van der Waals surface area contributed by atoms with E-state index in [-0.39, 0.29) is 30.6 Å². The molecular formula is C17H21ClN6O3. The number of nitrogens with zero attached hydrogens (tertiary/aromatic N) is 4. The molecule has 0 aromatic carbocycles. The average molecular weight is 393 g/mol. The number of carbonyl (C=O) groups excluding carboxylic acids is 1. The molecule has 10 heteroatoms. The van der Waals surface area contributed by atoms with Gasteiger partial charge in [-0.2, -0.15) is 4.98 Å². The van der Waals surface area contributed by atoms with Crippen molar-refractivity contribution in [2.75, 3.05) is 18.4 Å². The van der Waals surface area contributed by atoms with Crippen molar-refractivity contribution in [1.29, 1.82) is 0 Å². The van der Waals surface area contributed by atoms with E-state index >= 15 is 0 Å². The fourth-order valence-corrected chi connectivity index (χ4v) is 3.54. The summed E-state index contributed by atoms with van der Waals surface area (Å²) in [5.41, 5.74) is 0.547. The Kier molecular flexibility index (Phi) is 4.88. The fourth-order valence-electron chi connectivity index (χ4n) is 3.39. The number of halogens is 1. The first kappa shape index (κ1) is 18.0. The molecule has 0 saturated heterocycles. The lowest BCUT2D eigenvalue weighted by molar-refractivity contribution is -0.139. The molecule has 0 atom stereocenters. The van der Waals surface area contributed by atoms with E-state index in [2.05, 4.69) is 20.7 Å². The SMILES string of the molecule is O=C(O)CN(CC1CC1)C1CC(NC(=O)Nc2nc3cc(Cl)ccn3n2)C1. The average Bonchev–Trinajstić information content (AvgIpc) is 3.27. The van der Waals surface area contributed by atoms with Gasteiger partial charge in [0, 0.05) is 35.9 Å². The molecule has 0 spiro atoms. The quantitative estimate of drug-likeness (QED) is 0.662. The third kappa shape index (κ3) is 4.48. The maximum Gasteiger partial charge on any atom is 0.321 e. The summed E-state index contributed by atoms with van der Waals surface area (Å²) < 4.78 is 1.53. The Morgan fingerprint density at radius 1 is 1.37 bits per heavy atom. The number of carboxylic acid groups (broad SMARTS) is 1. The number of aliphatic carboxylic acids is 1. The van der Waals surface area contributed by atoms with E-state index in [9.17, 15) is 9.59 Å². The Bertz CT molecular complexity index is 861. The molecule has 0 aliphatic heterocycles. The van der Waals surface area contributed by atoms with Crippen LogP contribution in [0.1, 0.15) is 25.7 Å². The molecule has 144 valence electrons. The summed E-state index contributed by atoms with van der Waals surface area (Å²) in [6.45, 7) is 0.900. The van der Waals surface area contributed by atoms with Crippen LogP contribution in [0.2, 0.25) is 5.02 Å². The van der Waals surface area contributed by atoms with E-state index < -0.39 is 5.97 Å². The van der Waals surface area contributed by atoms with Crippen LogP contribution in [0.3, 0.4) is 0 Å². The molecule has 2 aliphatic carbocycles. The number of carbonyl (C=O) groups is 2. The second-order valence-corrected chi connectivity index (χ2v) is 7.71. The number of fused-ring (bicyclic) bond motifs is 1. The van der Waals surface area contributed by atoms with Crippen LogP contribution in [-0.4, -0.2) is 61.8 Å². The number of carboxylic acids is 1. The van der Waals surface area contributed by atoms with E-state index in [0.717, 1.165) is 19.4 Å². The van der Waals surface area contributed by atoms with E-state index in [1.54, 1.807) is 18.3 Å². The zero-order valence-electron chi connectivity index (χ0n) is 14.6. The first-order chi connectivity index (χ1) is 13.0. The highest BCUT2D eigenvalue weighted by Crippen LogP contribution is 2.33. The van der Waals surface area contributed by atoms with E-state index in [0.29, 0.717) is 16.6 Å². The van der Waals surface area contributed by atoms with Gasteiger partial charge in [-0.05, 0) is 37.7 Å². The Morgan fingerprint density at radius 3 is 2.85 bits per heavy atom. The summed E-state index contributed by atoms with van der Waals surface area (Å²) >= 11 is 5.91. The summed E-state index contributed by atoms with van der Waals surface area (Å²) in [6.07, 6.45) is 5.54. The summed E-state index contributed by atoms with van der Waals surface area (Å²) in [7, 11) is 0. The Balaban J connectivity index is 1.27. The van der Waals surface area contributed by atoms with Crippen molar-refractivity contribution in [1.82, 2.24) is 24.8 Å². The first-order valence-corrected chi connectivity index (χ1v) is 9.39. The van der Waals surface area contributed by atoms with E-state index in [1.807, 2.05) is 4.90 Å². The van der Waals surface area contributed by atoms with Crippen LogP contribution in [0.15, 0.2) is 18.3 Å². The number of rotatable bonds is 7. The zero-order valence-corrected chi connectivity index (χ0v) is 15.4. The molecule has 3 N–H and O–H groups in total. The molecule has 4 rings (SSSR count). The smallest absolute Gasteiger partial charge is 0.321 e. The normalized spacial score (nSPS) is 21.9. The number of nitrogens with one attached hydrogen (secondary N) is 2. The molecule has 2 aromatic rings. The molecule has 2 aromatic heterocycles. The molecule has 0 radical (unpaired) electrons. The third-order valence-electron chi connectivity index (χ3n) is 5.02. The standard InChI is InChI=1S/C17H21ClN6O3/c18-11-3-4-24-14(5-11)20-16(22-24)21-17(27)19-12-6-13(7-12)23(9-15(25)26)8-10-1-2-10/h3-5,10,12-13H,1-2,6-9H2,(H,25,26)(H2,19,21,22,27). The fraction of sp³-hybridized carbons (Fsp3) is 0.529. The Hall–Kier alpha value is -2.39. The van der Waals surface area contributed by atoms with Gasteiger partial charge in [0.1, 0.15) is 0 Å². The minimum Gasteiger partial charge on any atom is -0.480 e. The van der Waals surface area contributed by atoms with Crippen LogP contribution in [0.25, 0.3) is 5.65 Å². The van der Waals surface area contributed by atoms with Crippen molar-refractivity contribution in [3.05, 3.63) is 23.4 Å². The topological polar surface area (TPSA) is 112 Å². The molecule has 2 saturated carbocycles. The van der Waals surface area contributed by atoms with Crippen LogP contribution in [0, 0.1) is 5.92 Å². The van der Waals surface area contributed by atoms with Crippen LogP contribution in [0.4, 0.5) is 10.7 Å². The van der Waals surface area contributed by atoms with Crippen molar-refractivity contribution >= 4 is 35.2 Å². The molecule has 2 aliphatic rings. The summed E-state index contributed by atoms with van der Waals surface area (Å²) in [5, 5.41) is 19.3. The molecule has 2 fully saturated rings. The second kappa shape index (κ2) is 7.32. The number of amides is 2. The Morgan fingerprint density at radius 2 is 2.15 bits per heavy atom. The largest absolute Gasteiger partial charge is 0.480 e. The predicted octanol–water partition coefficient (Wildman–Crippen LogP) is 1.83. The van der Waals surface area contributed by atoms with Gasteiger partial charge in [-0.15, -0.1) is 5.10 Å². The van der Waals surface area contributed by atoms with Crippen LogP contribution in [-0.2, 0) is 4.79 Å². The predicted molar refractivity (Wildman–Crippen MR) is 98.9 cm³/mol. The molecule has 9 nitrogen and oxygen atoms in total. The number of aromatic nitrogens is 3. The molecular weight excluding hydrogens is 372 g/mol. The van der Waals surface area contributed by atoms with E-state index in [1.165, 1.54) is 17.4 Å². The number of hydrogen-bond donors (Lipinski definition) is 3. The van der Waals surface area contributed by atoms with Gasteiger partial charge in [0.05, 0.1) is 6.54 Å². The highest BCUT2D eigenvalue weighted by atomic mass is 35.5. The van der Waals surface area contributed by atoms with Crippen LogP contribution >= 0.6 is 11.6 Å². The van der Waals surface area contributed by atoms with Crippen molar-refractivity contribution in [2.45, 2.75) is 37.8 Å². The van der Waals surface area contributed by atoms with E-state index in [4.69, 9.17) is 16.7 Å². The lowest BCUT2D eigenvalue weighted by Crippen LogP contribution is -2.55. The number of anilines is 1. The second-order valence-electron chi connectivity index (χ2n) is 7.27. The Labute approximate surface area is 160 Å². The van der Waals surface area contributed by atoms with Gasteiger partial charge in [0.2, 0.25) is 0 Å². The van der Waals surface area contributed by atoms with Gasteiger partial charge in [0.25, 0.3) is 5.95 Å². The van der Waals surface area contributed by atoms with Gasteiger partial charge < -0.3 is 10.4 Å². The first-order valence-electron chi connectivity index (χ1n) is 9.01. The van der Waals surface area contributed by atoms with Crippen LogP contribution in [0.5, 0.6) is 0 Å². The van der Waals surface area contributed by atoms with Gasteiger partial charge in [-0.25, -0.2) is 9.31 Å². The minimum atomic E-state index is -0.803. The highest BCUT2D eigenvalue weighted by molar-refractivity contribution is 6.30. The van der Waals surface area contributed by atoms with Crippen molar-refractivity contribution in [2.24, 2.45) is 5.92 Å². The van der Waals surface area contributed by atoms with Gasteiger partial charge in [0.15, 0.2) is 5.65 Å². The lowest BCUT2D eigenvalue weighted by Gasteiger charge is -2.42. The van der Waals surface area contributed by atoms with Crippen molar-refractivity contribution in [3.8, 4) is 0 Å². The summed E-state index contributed by atoms with van der Waals surface area (Å²) in [6, 6.07) is 3.21. The molecule has 0 bridgehead atoms. The molecule has 27 heavy (non-hydrogen) atoms. The van der Waals surface area contributed by atoms with Crippen molar-refractivity contribution < 1.29 is 14.7 Å². The maximum absolute atomic E-state index is 12.2. The zero-order chi connectivity index (χ0) is 19.0. The number of pyridine rings is 1. The third-order valence-corrected chi connectivity index (χ3v) is 5.25. The number of urea groups is 1. The summed E-state index contributed by atoms with van der Waals surface area (Å²) in [4.78, 5) is 29.5.